The van der Waals surface area contributed by atoms with Crippen LogP contribution in [0.1, 0.15) is 49.4 Å². The molecule has 1 aromatic rings. The molecule has 0 spiro atoms. The second-order valence-corrected chi connectivity index (χ2v) is 7.29. The van der Waals surface area contributed by atoms with Crippen molar-refractivity contribution in [2.24, 2.45) is 11.1 Å². The van der Waals surface area contributed by atoms with Gasteiger partial charge in [0.25, 0.3) is 5.91 Å². The summed E-state index contributed by atoms with van der Waals surface area (Å²) in [5.74, 6) is 0.362. The highest BCUT2D eigenvalue weighted by atomic mass is 32.2. The smallest absolute Gasteiger partial charge is 0.251 e. The monoisotopic (exact) mass is 310 g/mol. The molecule has 1 fully saturated rings. The van der Waals surface area contributed by atoms with Gasteiger partial charge in [-0.2, -0.15) is 0 Å². The van der Waals surface area contributed by atoms with Gasteiger partial charge in [-0.1, -0.05) is 19.3 Å². The number of nitrogens with two attached hydrogens (primary N) is 1. The van der Waals surface area contributed by atoms with Gasteiger partial charge >= 0.3 is 0 Å². The molecule has 0 aliphatic heterocycles. The van der Waals surface area contributed by atoms with E-state index in [1.807, 2.05) is 6.92 Å². The maximum atomic E-state index is 12.2. The van der Waals surface area contributed by atoms with E-state index < -0.39 is 10.0 Å². The average Bonchev–Trinajstić information content (AvgIpc) is 2.47. The van der Waals surface area contributed by atoms with E-state index in [0.29, 0.717) is 11.5 Å². The Morgan fingerprint density at radius 1 is 1.19 bits per heavy atom. The van der Waals surface area contributed by atoms with Crippen molar-refractivity contribution in [3.63, 3.8) is 0 Å². The van der Waals surface area contributed by atoms with E-state index in [0.717, 1.165) is 12.8 Å². The minimum Gasteiger partial charge on any atom is -0.349 e. The molecule has 21 heavy (non-hydrogen) atoms. The van der Waals surface area contributed by atoms with Gasteiger partial charge in [0.1, 0.15) is 0 Å². The summed E-state index contributed by atoms with van der Waals surface area (Å²) in [7, 11) is -3.72. The molecule has 1 atom stereocenters. The summed E-state index contributed by atoms with van der Waals surface area (Å²) in [6.45, 7) is 2.03. The molecule has 6 heteroatoms. The predicted octanol–water partition coefficient (Wildman–Crippen LogP) is 2.03. The predicted molar refractivity (Wildman–Crippen MR) is 81.3 cm³/mol. The first-order valence-corrected chi connectivity index (χ1v) is 8.86. The van der Waals surface area contributed by atoms with Crippen LogP contribution in [0.4, 0.5) is 0 Å². The number of rotatable bonds is 4. The van der Waals surface area contributed by atoms with E-state index in [9.17, 15) is 13.2 Å². The summed E-state index contributed by atoms with van der Waals surface area (Å²) in [6, 6.07) is 5.83. The molecule has 1 aromatic carbocycles. The van der Waals surface area contributed by atoms with Crippen LogP contribution in [0.2, 0.25) is 0 Å². The van der Waals surface area contributed by atoms with E-state index in [1.54, 1.807) is 0 Å². The Morgan fingerprint density at radius 2 is 1.76 bits per heavy atom. The summed E-state index contributed by atoms with van der Waals surface area (Å²) in [6.07, 6.45) is 6.06. The Labute approximate surface area is 126 Å². The van der Waals surface area contributed by atoms with Crippen molar-refractivity contribution in [3.8, 4) is 0 Å². The topological polar surface area (TPSA) is 89.3 Å². The largest absolute Gasteiger partial charge is 0.349 e. The van der Waals surface area contributed by atoms with Crippen LogP contribution in [-0.4, -0.2) is 20.4 Å². The minimum absolute atomic E-state index is 0.0133. The van der Waals surface area contributed by atoms with Gasteiger partial charge in [0.05, 0.1) is 4.90 Å². The Morgan fingerprint density at radius 3 is 2.29 bits per heavy atom. The summed E-state index contributed by atoms with van der Waals surface area (Å²) in [5, 5.41) is 8.04. The lowest BCUT2D eigenvalue weighted by molar-refractivity contribution is 0.0919. The van der Waals surface area contributed by atoms with Crippen molar-refractivity contribution in [2.45, 2.75) is 50.0 Å². The molecule has 3 N–H and O–H groups in total. The Balaban J connectivity index is 1.99. The van der Waals surface area contributed by atoms with Crippen LogP contribution >= 0.6 is 0 Å². The first kappa shape index (κ1) is 16.0. The molecule has 5 nitrogen and oxygen atoms in total. The zero-order chi connectivity index (χ0) is 15.5. The lowest BCUT2D eigenvalue weighted by Gasteiger charge is -2.28. The zero-order valence-corrected chi connectivity index (χ0v) is 13.0. The third kappa shape index (κ3) is 4.28. The molecule has 1 aliphatic rings. The summed E-state index contributed by atoms with van der Waals surface area (Å²) >= 11 is 0. The van der Waals surface area contributed by atoms with Crippen molar-refractivity contribution in [1.82, 2.24) is 5.32 Å². The number of primary sulfonamides is 1. The van der Waals surface area contributed by atoms with Crippen LogP contribution in [0.25, 0.3) is 0 Å². The van der Waals surface area contributed by atoms with Gasteiger partial charge in [0, 0.05) is 11.6 Å². The number of amides is 1. The van der Waals surface area contributed by atoms with Gasteiger partial charge < -0.3 is 5.32 Å². The molecule has 116 valence electrons. The third-order valence-corrected chi connectivity index (χ3v) is 5.09. The van der Waals surface area contributed by atoms with Crippen molar-refractivity contribution in [1.29, 1.82) is 0 Å². The van der Waals surface area contributed by atoms with Crippen LogP contribution in [0.15, 0.2) is 29.2 Å². The fourth-order valence-electron chi connectivity index (χ4n) is 2.84. The maximum absolute atomic E-state index is 12.2. The zero-order valence-electron chi connectivity index (χ0n) is 12.2. The molecule has 0 heterocycles. The van der Waals surface area contributed by atoms with Gasteiger partial charge in [-0.3, -0.25) is 4.79 Å². The number of hydrogen-bond donors (Lipinski definition) is 2. The maximum Gasteiger partial charge on any atom is 0.251 e. The van der Waals surface area contributed by atoms with Gasteiger partial charge in [0.15, 0.2) is 0 Å². The third-order valence-electron chi connectivity index (χ3n) is 4.16. The van der Waals surface area contributed by atoms with E-state index in [1.165, 1.54) is 43.5 Å². The standard InChI is InChI=1S/C15H22N2O3S/c1-11(12-5-3-2-4-6-12)17-15(18)13-7-9-14(10-8-13)21(16,19)20/h7-12H,2-6H2,1H3,(H,17,18)(H2,16,19,20). The first-order valence-electron chi connectivity index (χ1n) is 7.31. The average molecular weight is 310 g/mol. The van der Waals surface area contributed by atoms with Crippen LogP contribution in [0.5, 0.6) is 0 Å². The number of nitrogens with one attached hydrogen (secondary N) is 1. The lowest BCUT2D eigenvalue weighted by Crippen LogP contribution is -2.38. The second-order valence-electron chi connectivity index (χ2n) is 5.73. The van der Waals surface area contributed by atoms with Gasteiger partial charge in [-0.05, 0) is 49.9 Å². The van der Waals surface area contributed by atoms with Crippen molar-refractivity contribution >= 4 is 15.9 Å². The van der Waals surface area contributed by atoms with Crippen molar-refractivity contribution in [3.05, 3.63) is 29.8 Å². The Kier molecular flexibility index (Phi) is 5.00. The molecule has 0 saturated heterocycles. The Bertz CT molecular complexity index is 590. The van der Waals surface area contributed by atoms with Gasteiger partial charge in [-0.15, -0.1) is 0 Å². The van der Waals surface area contributed by atoms with E-state index in [-0.39, 0.29) is 16.8 Å². The lowest BCUT2D eigenvalue weighted by atomic mass is 9.84. The van der Waals surface area contributed by atoms with Crippen LogP contribution in [0.3, 0.4) is 0 Å². The minimum atomic E-state index is -3.72. The number of sulfonamides is 1. The van der Waals surface area contributed by atoms with E-state index >= 15 is 0 Å². The fraction of sp³-hybridized carbons (Fsp3) is 0.533. The Hall–Kier alpha value is -1.40. The fourth-order valence-corrected chi connectivity index (χ4v) is 3.35. The van der Waals surface area contributed by atoms with Crippen LogP contribution in [-0.2, 0) is 10.0 Å². The first-order chi connectivity index (χ1) is 9.88. The van der Waals surface area contributed by atoms with Gasteiger partial charge in [0.2, 0.25) is 10.0 Å². The highest BCUT2D eigenvalue weighted by Gasteiger charge is 2.22. The van der Waals surface area contributed by atoms with Gasteiger partial charge in [-0.25, -0.2) is 13.6 Å². The number of benzene rings is 1. The van der Waals surface area contributed by atoms with Crippen LogP contribution in [0, 0.1) is 5.92 Å². The van der Waals surface area contributed by atoms with E-state index in [4.69, 9.17) is 5.14 Å². The summed E-state index contributed by atoms with van der Waals surface area (Å²) in [4.78, 5) is 12.2. The van der Waals surface area contributed by atoms with Crippen molar-refractivity contribution in [2.75, 3.05) is 0 Å². The van der Waals surface area contributed by atoms with E-state index in [2.05, 4.69) is 5.32 Å². The second kappa shape index (κ2) is 6.58. The van der Waals surface area contributed by atoms with Crippen LogP contribution < -0.4 is 10.5 Å². The number of carbonyl (C=O) groups is 1. The molecule has 2 rings (SSSR count). The van der Waals surface area contributed by atoms with Crippen molar-refractivity contribution < 1.29 is 13.2 Å². The molecule has 1 aliphatic carbocycles. The molecule has 0 radical (unpaired) electrons. The number of carbonyl (C=O) groups excluding carboxylic acids is 1. The molecular formula is C15H22N2O3S. The SMILES string of the molecule is CC(NC(=O)c1ccc(S(N)(=O)=O)cc1)C1CCCCC1. The summed E-state index contributed by atoms with van der Waals surface area (Å²) in [5.41, 5.74) is 0.449. The highest BCUT2D eigenvalue weighted by molar-refractivity contribution is 7.89. The molecular weight excluding hydrogens is 288 g/mol. The molecule has 1 unspecified atom stereocenters. The molecule has 0 bridgehead atoms. The highest BCUT2D eigenvalue weighted by Crippen LogP contribution is 2.26. The molecule has 1 amide bonds. The summed E-state index contributed by atoms with van der Waals surface area (Å²) < 4.78 is 22.4. The normalized spacial score (nSPS) is 18.2. The quantitative estimate of drug-likeness (QED) is 0.891. The molecule has 0 aromatic heterocycles. The molecule has 1 saturated carbocycles. The number of hydrogen-bond acceptors (Lipinski definition) is 3.